The molecule has 0 radical (unpaired) electrons. The number of nitro benzene ring substituents is 1. The van der Waals surface area contributed by atoms with Gasteiger partial charge in [-0.05, 0) is 24.3 Å². The average molecular weight is 452 g/mol. The molecule has 0 amide bonds. The van der Waals surface area contributed by atoms with Gasteiger partial charge in [-0.3, -0.25) is 19.2 Å². The summed E-state index contributed by atoms with van der Waals surface area (Å²) in [4.78, 5) is 8.78. The van der Waals surface area contributed by atoms with Crippen LogP contribution in [0.5, 0.6) is 0 Å². The Balaban J connectivity index is 2.36. The van der Waals surface area contributed by atoms with E-state index in [1.54, 1.807) is 0 Å². The van der Waals surface area contributed by atoms with E-state index in [2.05, 4.69) is 10.2 Å². The molecule has 12 nitrogen and oxygen atoms in total. The number of nitrogens with two attached hydrogens (primary N) is 1. The van der Waals surface area contributed by atoms with Crippen molar-refractivity contribution in [2.45, 2.75) is 9.79 Å². The van der Waals surface area contributed by atoms with Crippen LogP contribution in [0.25, 0.3) is 10.8 Å². The molecule has 0 aliphatic carbocycles. The summed E-state index contributed by atoms with van der Waals surface area (Å²) in [5.41, 5.74) is 5.06. The van der Waals surface area contributed by atoms with E-state index < -0.39 is 35.0 Å². The number of nitrogen functional groups attached to an aromatic ring is 1. The molecule has 0 saturated heterocycles. The molecule has 0 saturated carbocycles. The fraction of sp³-hybridized carbons (Fsp3) is 0. The molecule has 0 unspecified atom stereocenters. The van der Waals surface area contributed by atoms with E-state index in [0.29, 0.717) is 6.07 Å². The Labute approximate surface area is 169 Å². The molecule has 0 aliphatic rings. The van der Waals surface area contributed by atoms with E-state index in [-0.39, 0.29) is 33.5 Å². The number of fused-ring (bicyclic) bond motifs is 1. The second-order valence-electron chi connectivity index (χ2n) is 5.92. The normalized spacial score (nSPS) is 12.5. The van der Waals surface area contributed by atoms with Crippen molar-refractivity contribution in [1.82, 2.24) is 0 Å². The molecular formula is C16H12N4O8S2. The van der Waals surface area contributed by atoms with Gasteiger partial charge < -0.3 is 5.73 Å². The molecule has 14 heteroatoms. The third-order valence-corrected chi connectivity index (χ3v) is 5.71. The van der Waals surface area contributed by atoms with Gasteiger partial charge >= 0.3 is 0 Å². The average Bonchev–Trinajstić information content (AvgIpc) is 2.65. The minimum atomic E-state index is -4.90. The summed E-state index contributed by atoms with van der Waals surface area (Å²) in [7, 11) is -9.77. The number of hydrogen-bond acceptors (Lipinski definition) is 9. The summed E-state index contributed by atoms with van der Waals surface area (Å²) in [5, 5.41) is 18.4. The van der Waals surface area contributed by atoms with Gasteiger partial charge in [0.15, 0.2) is 5.69 Å². The van der Waals surface area contributed by atoms with Crippen LogP contribution < -0.4 is 5.73 Å². The van der Waals surface area contributed by atoms with Crippen molar-refractivity contribution < 1.29 is 30.9 Å². The molecule has 4 N–H and O–H groups in total. The molecule has 0 aromatic heterocycles. The largest absolute Gasteiger partial charge is 0.397 e. The number of rotatable bonds is 5. The van der Waals surface area contributed by atoms with Gasteiger partial charge in [-0.25, -0.2) is 0 Å². The zero-order valence-electron chi connectivity index (χ0n) is 14.7. The summed E-state index contributed by atoms with van der Waals surface area (Å²) in [5.74, 6) is 0. The smallest absolute Gasteiger partial charge is 0.296 e. The maximum atomic E-state index is 11.7. The fourth-order valence-electron chi connectivity index (χ4n) is 2.66. The van der Waals surface area contributed by atoms with Gasteiger partial charge in [0.25, 0.3) is 25.9 Å². The van der Waals surface area contributed by atoms with Crippen molar-refractivity contribution in [1.29, 1.82) is 0 Å². The quantitative estimate of drug-likeness (QED) is 0.171. The number of benzene rings is 3. The molecular weight excluding hydrogens is 440 g/mol. The first-order valence-corrected chi connectivity index (χ1v) is 10.7. The van der Waals surface area contributed by atoms with Gasteiger partial charge in [-0.1, -0.05) is 18.2 Å². The zero-order valence-corrected chi connectivity index (χ0v) is 16.3. The van der Waals surface area contributed by atoms with Crippen LogP contribution in [0.4, 0.5) is 22.7 Å². The number of azo groups is 1. The number of anilines is 1. The van der Waals surface area contributed by atoms with Gasteiger partial charge in [-0.2, -0.15) is 16.8 Å². The Morgan fingerprint density at radius 3 is 2.17 bits per heavy atom. The van der Waals surface area contributed by atoms with E-state index in [9.17, 15) is 36.1 Å². The fourth-order valence-corrected chi connectivity index (χ4v) is 4.00. The van der Waals surface area contributed by atoms with E-state index in [0.717, 1.165) is 6.07 Å². The van der Waals surface area contributed by atoms with E-state index >= 15 is 0 Å². The van der Waals surface area contributed by atoms with Crippen LogP contribution in [-0.2, 0) is 20.2 Å². The van der Waals surface area contributed by atoms with Crippen molar-refractivity contribution in [3.63, 3.8) is 0 Å². The number of nitro groups is 1. The Kier molecular flexibility index (Phi) is 5.25. The highest BCUT2D eigenvalue weighted by atomic mass is 32.2. The minimum absolute atomic E-state index is 0.0707. The summed E-state index contributed by atoms with van der Waals surface area (Å²) >= 11 is 0. The number of hydrogen-bond donors (Lipinski definition) is 3. The lowest BCUT2D eigenvalue weighted by Crippen LogP contribution is -2.04. The predicted molar refractivity (Wildman–Crippen MR) is 105 cm³/mol. The molecule has 0 atom stereocenters. The highest BCUT2D eigenvalue weighted by Gasteiger charge is 2.22. The van der Waals surface area contributed by atoms with Gasteiger partial charge in [0.2, 0.25) is 0 Å². The van der Waals surface area contributed by atoms with Crippen LogP contribution in [0.3, 0.4) is 0 Å². The summed E-state index contributed by atoms with van der Waals surface area (Å²) in [6, 6.07) is 9.28. The molecule has 0 fully saturated rings. The third-order valence-electron chi connectivity index (χ3n) is 3.99. The molecule has 3 aromatic carbocycles. The predicted octanol–water partition coefficient (Wildman–Crippen LogP) is 3.24. The molecule has 0 bridgehead atoms. The van der Waals surface area contributed by atoms with E-state index in [1.807, 2.05) is 0 Å². The first kappa shape index (κ1) is 21.3. The molecule has 0 aliphatic heterocycles. The van der Waals surface area contributed by atoms with E-state index in [4.69, 9.17) is 5.73 Å². The summed E-state index contributed by atoms with van der Waals surface area (Å²) in [6.45, 7) is 0. The van der Waals surface area contributed by atoms with Crippen molar-refractivity contribution in [3.8, 4) is 0 Å². The monoisotopic (exact) mass is 452 g/mol. The van der Waals surface area contributed by atoms with E-state index in [1.165, 1.54) is 36.4 Å². The van der Waals surface area contributed by atoms with Crippen LogP contribution in [0, 0.1) is 10.1 Å². The molecule has 3 aromatic rings. The molecule has 0 spiro atoms. The second kappa shape index (κ2) is 7.42. The van der Waals surface area contributed by atoms with Crippen molar-refractivity contribution in [3.05, 3.63) is 58.6 Å². The van der Waals surface area contributed by atoms with Gasteiger partial charge in [-0.15, -0.1) is 10.2 Å². The Hall–Kier alpha value is -3.46. The highest BCUT2D eigenvalue weighted by molar-refractivity contribution is 7.86. The number of nitrogens with zero attached hydrogens (tertiary/aromatic N) is 3. The topological polar surface area (TPSA) is 203 Å². The van der Waals surface area contributed by atoms with Crippen LogP contribution in [0.15, 0.2) is 68.6 Å². The summed E-state index contributed by atoms with van der Waals surface area (Å²) in [6.07, 6.45) is 0. The summed E-state index contributed by atoms with van der Waals surface area (Å²) < 4.78 is 65.4. The van der Waals surface area contributed by atoms with Crippen molar-refractivity contribution in [2.24, 2.45) is 10.2 Å². The van der Waals surface area contributed by atoms with Gasteiger partial charge in [0, 0.05) is 16.8 Å². The first-order valence-electron chi connectivity index (χ1n) is 7.86. The molecule has 0 heterocycles. The third kappa shape index (κ3) is 4.11. The Morgan fingerprint density at radius 1 is 0.900 bits per heavy atom. The SMILES string of the molecule is Nc1ccc2c(S(=O)(=O)O)cc(S(=O)(=O)O)cc2c1N=Nc1ccccc1[N+](=O)[O-]. The lowest BCUT2D eigenvalue weighted by Gasteiger charge is -2.10. The minimum Gasteiger partial charge on any atom is -0.397 e. The van der Waals surface area contributed by atoms with Crippen LogP contribution in [0.1, 0.15) is 0 Å². The Morgan fingerprint density at radius 2 is 1.57 bits per heavy atom. The standard InChI is InChI=1S/C16H12N4O8S2/c17-12-6-5-10-11(7-9(29(23,24)25)8-15(10)30(26,27)28)16(12)19-18-13-3-1-2-4-14(13)20(21)22/h1-8H,17H2,(H,23,24,25)(H,26,27,28). The Bertz CT molecular complexity index is 1430. The lowest BCUT2D eigenvalue weighted by atomic mass is 10.1. The lowest BCUT2D eigenvalue weighted by molar-refractivity contribution is -0.384. The van der Waals surface area contributed by atoms with Crippen molar-refractivity contribution in [2.75, 3.05) is 5.73 Å². The maximum Gasteiger partial charge on any atom is 0.296 e. The first-order chi connectivity index (χ1) is 13.9. The highest BCUT2D eigenvalue weighted by Crippen LogP contribution is 2.38. The zero-order chi connectivity index (χ0) is 22.3. The van der Waals surface area contributed by atoms with Gasteiger partial charge in [0.1, 0.15) is 10.6 Å². The molecule has 30 heavy (non-hydrogen) atoms. The van der Waals surface area contributed by atoms with Crippen LogP contribution >= 0.6 is 0 Å². The van der Waals surface area contributed by atoms with Crippen molar-refractivity contribution >= 4 is 53.8 Å². The second-order valence-corrected chi connectivity index (χ2v) is 8.73. The van der Waals surface area contributed by atoms with Gasteiger partial charge in [0.05, 0.1) is 15.5 Å². The van der Waals surface area contributed by atoms with Crippen LogP contribution in [-0.4, -0.2) is 30.9 Å². The van der Waals surface area contributed by atoms with Crippen LogP contribution in [0.2, 0.25) is 0 Å². The molecule has 3 rings (SSSR count). The molecule has 156 valence electrons. The maximum absolute atomic E-state index is 11.7. The number of para-hydroxylation sites is 1.